The molecule has 60 valence electrons. The number of aromatic nitrogens is 1. The maximum Gasteiger partial charge on any atom is 0.181 e. The van der Waals surface area contributed by atoms with E-state index in [1.807, 2.05) is 0 Å². The molecule has 1 unspecified atom stereocenters. The molecular formula is C6H8N2O2S. The minimum absolute atomic E-state index is 0.148. The second-order valence-electron chi connectivity index (χ2n) is 2.20. The van der Waals surface area contributed by atoms with E-state index in [-0.39, 0.29) is 5.43 Å². The molecule has 0 radical (unpaired) electrons. The van der Waals surface area contributed by atoms with Gasteiger partial charge in [0.15, 0.2) is 5.43 Å². The topological polar surface area (TPSA) is 62.9 Å². The monoisotopic (exact) mass is 172 g/mol. The molecule has 0 saturated heterocycles. The highest BCUT2D eigenvalue weighted by molar-refractivity contribution is 7.90. The normalized spacial score (nSPS) is 15.7. The summed E-state index contributed by atoms with van der Waals surface area (Å²) in [4.78, 5) is 10.6. The van der Waals surface area contributed by atoms with Crippen molar-refractivity contribution in [2.24, 2.45) is 0 Å². The summed E-state index contributed by atoms with van der Waals surface area (Å²) in [7, 11) is -2.74. The second-order valence-corrected chi connectivity index (χ2v) is 4.22. The van der Waals surface area contributed by atoms with Gasteiger partial charge in [-0.15, -0.1) is 0 Å². The average Bonchev–Trinajstić information content (AvgIpc) is 1.86. The van der Waals surface area contributed by atoms with Crippen molar-refractivity contribution in [1.29, 1.82) is 4.78 Å². The SMILES string of the molecule is CS(=N)(=O)n1ccc(=O)cc1. The van der Waals surface area contributed by atoms with Crippen molar-refractivity contribution < 1.29 is 4.21 Å². The minimum Gasteiger partial charge on any atom is -0.290 e. The van der Waals surface area contributed by atoms with Crippen LogP contribution in [0.4, 0.5) is 0 Å². The molecule has 0 fully saturated rings. The first-order valence-electron chi connectivity index (χ1n) is 2.93. The second kappa shape index (κ2) is 2.50. The number of hydrogen-bond acceptors (Lipinski definition) is 3. The molecule has 1 N–H and O–H groups in total. The van der Waals surface area contributed by atoms with Crippen molar-refractivity contribution in [3.8, 4) is 0 Å². The summed E-state index contributed by atoms with van der Waals surface area (Å²) in [6.45, 7) is 0. The molecule has 5 heteroatoms. The fraction of sp³-hybridized carbons (Fsp3) is 0.167. The van der Waals surface area contributed by atoms with Crippen molar-refractivity contribution in [2.75, 3.05) is 6.26 Å². The van der Waals surface area contributed by atoms with E-state index >= 15 is 0 Å². The summed E-state index contributed by atoms with van der Waals surface area (Å²) < 4.78 is 19.4. The summed E-state index contributed by atoms with van der Waals surface area (Å²) in [5.41, 5.74) is -0.148. The minimum atomic E-state index is -2.74. The van der Waals surface area contributed by atoms with Crippen LogP contribution in [0, 0.1) is 4.78 Å². The zero-order chi connectivity index (χ0) is 8.48. The smallest absolute Gasteiger partial charge is 0.181 e. The maximum absolute atomic E-state index is 11.0. The third kappa shape index (κ3) is 1.91. The van der Waals surface area contributed by atoms with Gasteiger partial charge < -0.3 is 0 Å². The van der Waals surface area contributed by atoms with Crippen molar-refractivity contribution in [3.63, 3.8) is 0 Å². The Bertz CT molecular complexity index is 384. The Hall–Kier alpha value is -1.10. The number of pyridine rings is 1. The van der Waals surface area contributed by atoms with Gasteiger partial charge in [-0.25, -0.2) is 8.99 Å². The Labute approximate surface area is 64.6 Å². The van der Waals surface area contributed by atoms with Crippen LogP contribution < -0.4 is 5.43 Å². The van der Waals surface area contributed by atoms with Crippen LogP contribution in [0.5, 0.6) is 0 Å². The van der Waals surface area contributed by atoms with Gasteiger partial charge in [0, 0.05) is 30.8 Å². The van der Waals surface area contributed by atoms with Gasteiger partial charge in [0.2, 0.25) is 0 Å². The molecule has 0 bridgehead atoms. The highest BCUT2D eigenvalue weighted by atomic mass is 32.2. The molecular weight excluding hydrogens is 164 g/mol. The standard InChI is InChI=1S/C6H8N2O2S/c1-11(7,10)8-4-2-6(9)3-5-8/h2-5,7H,1H3. The first-order chi connectivity index (χ1) is 5.00. The van der Waals surface area contributed by atoms with E-state index < -0.39 is 9.92 Å². The largest absolute Gasteiger partial charge is 0.290 e. The number of nitrogens with zero attached hydrogens (tertiary/aromatic N) is 1. The Balaban J connectivity index is 3.31. The molecule has 0 amide bonds. The number of nitrogens with one attached hydrogen (secondary N) is 1. The van der Waals surface area contributed by atoms with Gasteiger partial charge in [0.05, 0.1) is 0 Å². The van der Waals surface area contributed by atoms with E-state index in [1.54, 1.807) is 0 Å². The van der Waals surface area contributed by atoms with Crippen LogP contribution in [-0.2, 0) is 9.92 Å². The Morgan fingerprint density at radius 2 is 1.91 bits per heavy atom. The summed E-state index contributed by atoms with van der Waals surface area (Å²) >= 11 is 0. The highest BCUT2D eigenvalue weighted by Gasteiger charge is 1.95. The molecule has 4 nitrogen and oxygen atoms in total. The lowest BCUT2D eigenvalue weighted by atomic mass is 10.5. The molecule has 1 aromatic heterocycles. The molecule has 0 saturated carbocycles. The zero-order valence-corrected chi connectivity index (χ0v) is 6.80. The van der Waals surface area contributed by atoms with E-state index in [0.29, 0.717) is 0 Å². The Morgan fingerprint density at radius 3 is 2.27 bits per heavy atom. The van der Waals surface area contributed by atoms with Crippen LogP contribution in [0.3, 0.4) is 0 Å². The van der Waals surface area contributed by atoms with E-state index in [1.165, 1.54) is 34.8 Å². The predicted molar refractivity (Wildman–Crippen MR) is 42.9 cm³/mol. The average molecular weight is 172 g/mol. The van der Waals surface area contributed by atoms with Crippen LogP contribution in [0.15, 0.2) is 29.3 Å². The van der Waals surface area contributed by atoms with Gasteiger partial charge >= 0.3 is 0 Å². The van der Waals surface area contributed by atoms with E-state index in [2.05, 4.69) is 0 Å². The maximum atomic E-state index is 11.0. The molecule has 1 heterocycles. The van der Waals surface area contributed by atoms with Crippen molar-refractivity contribution in [3.05, 3.63) is 34.7 Å². The van der Waals surface area contributed by atoms with Crippen molar-refractivity contribution in [2.45, 2.75) is 0 Å². The lowest BCUT2D eigenvalue weighted by molar-refractivity contribution is 0.672. The van der Waals surface area contributed by atoms with E-state index in [4.69, 9.17) is 4.78 Å². The zero-order valence-electron chi connectivity index (χ0n) is 5.98. The highest BCUT2D eigenvalue weighted by Crippen LogP contribution is 1.90. The van der Waals surface area contributed by atoms with Gasteiger partial charge in [-0.2, -0.15) is 0 Å². The third-order valence-corrected chi connectivity index (χ3v) is 2.22. The van der Waals surface area contributed by atoms with Crippen LogP contribution >= 0.6 is 0 Å². The van der Waals surface area contributed by atoms with Crippen LogP contribution in [0.2, 0.25) is 0 Å². The van der Waals surface area contributed by atoms with Gasteiger partial charge in [-0.3, -0.25) is 8.77 Å². The first-order valence-corrected chi connectivity index (χ1v) is 4.85. The molecule has 11 heavy (non-hydrogen) atoms. The third-order valence-electron chi connectivity index (χ3n) is 1.17. The Morgan fingerprint density at radius 1 is 1.45 bits per heavy atom. The molecule has 0 aromatic carbocycles. The van der Waals surface area contributed by atoms with Gasteiger partial charge in [-0.05, 0) is 0 Å². The summed E-state index contributed by atoms with van der Waals surface area (Å²) in [6, 6.07) is 2.55. The molecule has 0 aliphatic rings. The first kappa shape index (κ1) is 8.00. The number of rotatable bonds is 1. The summed E-state index contributed by atoms with van der Waals surface area (Å²) in [5, 5.41) is 0. The number of hydrogen-bond donors (Lipinski definition) is 1. The molecule has 0 spiro atoms. The lowest BCUT2D eigenvalue weighted by Gasteiger charge is -2.03. The fourth-order valence-corrected chi connectivity index (χ4v) is 1.22. The van der Waals surface area contributed by atoms with E-state index in [0.717, 1.165) is 0 Å². The van der Waals surface area contributed by atoms with Crippen molar-refractivity contribution in [1.82, 2.24) is 3.97 Å². The molecule has 0 aliphatic heterocycles. The summed E-state index contributed by atoms with van der Waals surface area (Å²) in [6.07, 6.45) is 3.98. The fourth-order valence-electron chi connectivity index (χ4n) is 0.631. The quantitative estimate of drug-likeness (QED) is 0.661. The molecule has 1 rings (SSSR count). The van der Waals surface area contributed by atoms with E-state index in [9.17, 15) is 9.00 Å². The van der Waals surface area contributed by atoms with Gasteiger partial charge in [0.1, 0.15) is 9.92 Å². The molecule has 1 atom stereocenters. The Kier molecular flexibility index (Phi) is 1.82. The van der Waals surface area contributed by atoms with Crippen LogP contribution in [-0.4, -0.2) is 14.4 Å². The molecule has 1 aromatic rings. The van der Waals surface area contributed by atoms with Crippen molar-refractivity contribution >= 4 is 9.92 Å². The predicted octanol–water partition coefficient (Wildman–Crippen LogP) is 0.288. The van der Waals surface area contributed by atoms with Crippen LogP contribution in [0.1, 0.15) is 0 Å². The van der Waals surface area contributed by atoms with Crippen LogP contribution in [0.25, 0.3) is 0 Å². The van der Waals surface area contributed by atoms with Gasteiger partial charge in [-0.1, -0.05) is 0 Å². The lowest BCUT2D eigenvalue weighted by Crippen LogP contribution is -2.10. The summed E-state index contributed by atoms with van der Waals surface area (Å²) in [5.74, 6) is 0. The van der Waals surface area contributed by atoms with Gasteiger partial charge in [0.25, 0.3) is 0 Å². The molecule has 0 aliphatic carbocycles.